The average Bonchev–Trinajstić information content (AvgIpc) is 2.57. The summed E-state index contributed by atoms with van der Waals surface area (Å²) in [5, 5.41) is 21.8. The molecule has 0 atom stereocenters. The molecular weight excluding hydrogens is 292 g/mol. The molecule has 0 amide bonds. The molecule has 0 aliphatic heterocycles. The van der Waals surface area contributed by atoms with Crippen molar-refractivity contribution in [2.45, 2.75) is 70.8 Å². The van der Waals surface area contributed by atoms with E-state index in [1.54, 1.807) is 12.3 Å². The maximum atomic E-state index is 11.2. The highest BCUT2D eigenvalue weighted by Gasteiger charge is 2.23. The normalized spacial score (nSPS) is 16.3. The van der Waals surface area contributed by atoms with Crippen molar-refractivity contribution in [3.8, 4) is 5.75 Å². The fourth-order valence-corrected chi connectivity index (χ4v) is 3.28. The van der Waals surface area contributed by atoms with Crippen molar-refractivity contribution in [2.75, 3.05) is 0 Å². The van der Waals surface area contributed by atoms with Crippen molar-refractivity contribution >= 4 is 11.9 Å². The molecule has 5 nitrogen and oxygen atoms in total. The SMILES string of the molecule is CCC(CC)N=Cc1cc([N+](=O)[O-])cc(C2CCCCC2)c1O. The van der Waals surface area contributed by atoms with Crippen molar-refractivity contribution in [3.63, 3.8) is 0 Å². The van der Waals surface area contributed by atoms with Gasteiger partial charge < -0.3 is 5.11 Å². The van der Waals surface area contributed by atoms with Crippen LogP contribution in [0.15, 0.2) is 17.1 Å². The van der Waals surface area contributed by atoms with Crippen LogP contribution in [0.1, 0.15) is 75.8 Å². The molecule has 1 aromatic carbocycles. The van der Waals surface area contributed by atoms with Crippen molar-refractivity contribution in [2.24, 2.45) is 4.99 Å². The van der Waals surface area contributed by atoms with Gasteiger partial charge in [-0.15, -0.1) is 0 Å². The van der Waals surface area contributed by atoms with Crippen molar-refractivity contribution in [1.29, 1.82) is 0 Å². The summed E-state index contributed by atoms with van der Waals surface area (Å²) in [6.07, 6.45) is 8.83. The van der Waals surface area contributed by atoms with Gasteiger partial charge in [-0.05, 0) is 31.6 Å². The topological polar surface area (TPSA) is 75.7 Å². The van der Waals surface area contributed by atoms with Gasteiger partial charge >= 0.3 is 0 Å². The van der Waals surface area contributed by atoms with E-state index in [0.29, 0.717) is 11.1 Å². The number of aromatic hydroxyl groups is 1. The first kappa shape index (κ1) is 17.4. The average molecular weight is 318 g/mol. The van der Waals surface area contributed by atoms with Gasteiger partial charge in [0.2, 0.25) is 0 Å². The number of nitrogens with zero attached hydrogens (tertiary/aromatic N) is 2. The molecule has 1 aliphatic rings. The Bertz CT molecular complexity index is 574. The molecule has 0 radical (unpaired) electrons. The number of nitro benzene ring substituents is 1. The molecule has 1 N–H and O–H groups in total. The van der Waals surface area contributed by atoms with Crippen LogP contribution in [0.2, 0.25) is 0 Å². The predicted molar refractivity (Wildman–Crippen MR) is 92.6 cm³/mol. The molecule has 5 heteroatoms. The Balaban J connectivity index is 2.40. The molecule has 0 saturated heterocycles. The summed E-state index contributed by atoms with van der Waals surface area (Å²) >= 11 is 0. The molecule has 1 fully saturated rings. The third kappa shape index (κ3) is 4.30. The van der Waals surface area contributed by atoms with Crippen LogP contribution in [0.4, 0.5) is 5.69 Å². The zero-order chi connectivity index (χ0) is 16.8. The van der Waals surface area contributed by atoms with E-state index in [4.69, 9.17) is 0 Å². The van der Waals surface area contributed by atoms with E-state index in [2.05, 4.69) is 18.8 Å². The molecule has 1 aromatic rings. The highest BCUT2D eigenvalue weighted by molar-refractivity contribution is 5.85. The predicted octanol–water partition coefficient (Wildman–Crippen LogP) is 4.96. The van der Waals surface area contributed by atoms with E-state index in [1.807, 2.05) is 0 Å². The lowest BCUT2D eigenvalue weighted by molar-refractivity contribution is -0.385. The first-order valence-electron chi connectivity index (χ1n) is 8.61. The molecule has 0 aromatic heterocycles. The number of hydrogen-bond donors (Lipinski definition) is 1. The van der Waals surface area contributed by atoms with Crippen molar-refractivity contribution < 1.29 is 10.0 Å². The van der Waals surface area contributed by atoms with Gasteiger partial charge in [0.15, 0.2) is 0 Å². The lowest BCUT2D eigenvalue weighted by Crippen LogP contribution is -2.07. The molecular formula is C18H26N2O3. The Labute approximate surface area is 137 Å². The van der Waals surface area contributed by atoms with Gasteiger partial charge in [0, 0.05) is 35.5 Å². The lowest BCUT2D eigenvalue weighted by Gasteiger charge is -2.23. The standard InChI is InChI=1S/C18H26N2O3/c1-3-15(4-2)19-12-14-10-16(20(22)23)11-17(18(14)21)13-8-6-5-7-9-13/h10-13,15,21H,3-9H2,1-2H3. The number of rotatable bonds is 6. The van der Waals surface area contributed by atoms with E-state index in [9.17, 15) is 15.2 Å². The molecule has 0 spiro atoms. The molecule has 23 heavy (non-hydrogen) atoms. The maximum absolute atomic E-state index is 11.2. The van der Waals surface area contributed by atoms with E-state index in [0.717, 1.165) is 38.5 Å². The molecule has 1 aliphatic carbocycles. The minimum Gasteiger partial charge on any atom is -0.507 e. The molecule has 0 bridgehead atoms. The summed E-state index contributed by atoms with van der Waals surface area (Å²) < 4.78 is 0. The van der Waals surface area contributed by atoms with Crippen LogP contribution in [-0.4, -0.2) is 22.3 Å². The van der Waals surface area contributed by atoms with Crippen LogP contribution in [0.5, 0.6) is 5.75 Å². The second kappa shape index (κ2) is 8.09. The third-order valence-electron chi connectivity index (χ3n) is 4.78. The Morgan fingerprint density at radius 1 is 1.30 bits per heavy atom. The highest BCUT2D eigenvalue weighted by atomic mass is 16.6. The number of benzene rings is 1. The Hall–Kier alpha value is -1.91. The van der Waals surface area contributed by atoms with Crippen LogP contribution in [0, 0.1) is 10.1 Å². The third-order valence-corrected chi connectivity index (χ3v) is 4.78. The quantitative estimate of drug-likeness (QED) is 0.458. The number of phenols is 1. The fraction of sp³-hybridized carbons (Fsp3) is 0.611. The number of nitro groups is 1. The van der Waals surface area contributed by atoms with E-state index in [-0.39, 0.29) is 28.3 Å². The smallest absolute Gasteiger partial charge is 0.270 e. The van der Waals surface area contributed by atoms with Gasteiger partial charge in [-0.2, -0.15) is 0 Å². The summed E-state index contributed by atoms with van der Waals surface area (Å²) in [4.78, 5) is 15.3. The van der Waals surface area contributed by atoms with Gasteiger partial charge in [0.25, 0.3) is 5.69 Å². The second-order valence-corrected chi connectivity index (χ2v) is 6.31. The monoisotopic (exact) mass is 318 g/mol. The van der Waals surface area contributed by atoms with Crippen molar-refractivity contribution in [1.82, 2.24) is 0 Å². The number of aliphatic imine (C=N–C) groups is 1. The summed E-state index contributed by atoms with van der Waals surface area (Å²) in [6.45, 7) is 4.12. The first-order chi connectivity index (χ1) is 11.1. The summed E-state index contributed by atoms with van der Waals surface area (Å²) in [6, 6.07) is 3.15. The van der Waals surface area contributed by atoms with Gasteiger partial charge in [0.1, 0.15) is 5.75 Å². The number of phenolic OH excluding ortho intramolecular Hbond substituents is 1. The van der Waals surface area contributed by atoms with Crippen LogP contribution >= 0.6 is 0 Å². The van der Waals surface area contributed by atoms with Gasteiger partial charge in [-0.1, -0.05) is 33.1 Å². The first-order valence-corrected chi connectivity index (χ1v) is 8.61. The number of non-ortho nitro benzene ring substituents is 1. The number of hydrogen-bond acceptors (Lipinski definition) is 4. The Kier molecular flexibility index (Phi) is 6.13. The van der Waals surface area contributed by atoms with Crippen LogP contribution in [0.3, 0.4) is 0 Å². The summed E-state index contributed by atoms with van der Waals surface area (Å²) in [7, 11) is 0. The zero-order valence-corrected chi connectivity index (χ0v) is 14.0. The van der Waals surface area contributed by atoms with E-state index < -0.39 is 0 Å². The zero-order valence-electron chi connectivity index (χ0n) is 14.0. The van der Waals surface area contributed by atoms with Gasteiger partial charge in [0.05, 0.1) is 4.92 Å². The van der Waals surface area contributed by atoms with Gasteiger partial charge in [-0.3, -0.25) is 15.1 Å². The molecule has 0 heterocycles. The maximum Gasteiger partial charge on any atom is 0.270 e. The van der Waals surface area contributed by atoms with Crippen LogP contribution in [-0.2, 0) is 0 Å². The van der Waals surface area contributed by atoms with Crippen LogP contribution in [0.25, 0.3) is 0 Å². The Morgan fingerprint density at radius 2 is 1.96 bits per heavy atom. The molecule has 1 saturated carbocycles. The molecule has 0 unspecified atom stereocenters. The molecule has 126 valence electrons. The largest absolute Gasteiger partial charge is 0.507 e. The minimum atomic E-state index is -0.389. The van der Waals surface area contributed by atoms with Gasteiger partial charge in [-0.25, -0.2) is 0 Å². The summed E-state index contributed by atoms with van der Waals surface area (Å²) in [5.41, 5.74) is 1.21. The van der Waals surface area contributed by atoms with Crippen LogP contribution < -0.4 is 0 Å². The highest BCUT2D eigenvalue weighted by Crippen LogP contribution is 2.40. The van der Waals surface area contributed by atoms with Crippen molar-refractivity contribution in [3.05, 3.63) is 33.4 Å². The molecule has 2 rings (SSSR count). The van der Waals surface area contributed by atoms with E-state index in [1.165, 1.54) is 12.5 Å². The summed E-state index contributed by atoms with van der Waals surface area (Å²) in [5.74, 6) is 0.376. The lowest BCUT2D eigenvalue weighted by atomic mass is 9.83. The van der Waals surface area contributed by atoms with E-state index >= 15 is 0 Å². The second-order valence-electron chi connectivity index (χ2n) is 6.31. The fourth-order valence-electron chi connectivity index (χ4n) is 3.28. The Morgan fingerprint density at radius 3 is 2.52 bits per heavy atom. The minimum absolute atomic E-state index is 0.0365.